The molecule has 19 heavy (non-hydrogen) atoms. The van der Waals surface area contributed by atoms with E-state index in [1.807, 2.05) is 0 Å². The fraction of sp³-hybridized carbons (Fsp3) is 0.538. The van der Waals surface area contributed by atoms with Crippen molar-refractivity contribution < 1.29 is 23.0 Å². The van der Waals surface area contributed by atoms with E-state index < -0.39 is 12.0 Å². The smallest absolute Gasteiger partial charge is 0.406 e. The van der Waals surface area contributed by atoms with Crippen LogP contribution in [0.1, 0.15) is 18.9 Å². The van der Waals surface area contributed by atoms with E-state index in [1.54, 1.807) is 14.0 Å². The average Bonchev–Trinajstić information content (AvgIpc) is 2.27. The summed E-state index contributed by atoms with van der Waals surface area (Å²) in [5.74, 6) is -0.258. The first-order valence-corrected chi connectivity index (χ1v) is 5.93. The van der Waals surface area contributed by atoms with E-state index in [0.29, 0.717) is 19.4 Å². The maximum Gasteiger partial charge on any atom is 0.573 e. The summed E-state index contributed by atoms with van der Waals surface area (Å²) in [6.07, 6.45) is -3.74. The molecule has 0 aromatic heterocycles. The predicted octanol–water partition coefficient (Wildman–Crippen LogP) is 2.49. The largest absolute Gasteiger partial charge is 0.573 e. The Labute approximate surface area is 110 Å². The van der Waals surface area contributed by atoms with Crippen LogP contribution in [-0.2, 0) is 6.42 Å². The second-order valence-electron chi connectivity index (χ2n) is 4.72. The quantitative estimate of drug-likeness (QED) is 0.839. The highest BCUT2D eigenvalue weighted by atomic mass is 19.4. The van der Waals surface area contributed by atoms with Crippen LogP contribution in [0.4, 0.5) is 13.2 Å². The summed E-state index contributed by atoms with van der Waals surface area (Å²) in [5.41, 5.74) is -0.134. The molecule has 0 aliphatic heterocycles. The molecule has 1 atom stereocenters. The van der Waals surface area contributed by atoms with E-state index >= 15 is 0 Å². The molecule has 0 aliphatic carbocycles. The number of alkyl halides is 3. The van der Waals surface area contributed by atoms with Crippen molar-refractivity contribution in [2.45, 2.75) is 31.7 Å². The average molecular weight is 277 g/mol. The molecule has 0 saturated heterocycles. The standard InChI is InChI=1S/C13H18F3NO2/c1-12(18,7-8-17-2)9-10-3-5-11(6-4-10)19-13(14,15)16/h3-6,17-18H,7-9H2,1-2H3. The fourth-order valence-corrected chi connectivity index (χ4v) is 1.73. The van der Waals surface area contributed by atoms with Gasteiger partial charge in [-0.1, -0.05) is 12.1 Å². The maximum atomic E-state index is 12.0. The molecule has 0 saturated carbocycles. The Morgan fingerprint density at radius 1 is 1.21 bits per heavy atom. The van der Waals surface area contributed by atoms with Gasteiger partial charge < -0.3 is 15.2 Å². The van der Waals surface area contributed by atoms with E-state index in [9.17, 15) is 18.3 Å². The van der Waals surface area contributed by atoms with Gasteiger partial charge in [0, 0.05) is 6.42 Å². The SMILES string of the molecule is CNCCC(C)(O)Cc1ccc(OC(F)(F)F)cc1. The molecule has 0 bridgehead atoms. The van der Waals surface area contributed by atoms with Gasteiger partial charge in [-0.2, -0.15) is 0 Å². The number of aliphatic hydroxyl groups is 1. The molecule has 0 fully saturated rings. The van der Waals surface area contributed by atoms with Gasteiger partial charge in [0.1, 0.15) is 5.75 Å². The lowest BCUT2D eigenvalue weighted by Crippen LogP contribution is -2.31. The van der Waals surface area contributed by atoms with Crippen molar-refractivity contribution in [2.75, 3.05) is 13.6 Å². The first-order chi connectivity index (χ1) is 8.72. The van der Waals surface area contributed by atoms with Crippen molar-refractivity contribution in [2.24, 2.45) is 0 Å². The number of rotatable bonds is 6. The van der Waals surface area contributed by atoms with E-state index in [4.69, 9.17) is 0 Å². The van der Waals surface area contributed by atoms with Crippen LogP contribution in [0.15, 0.2) is 24.3 Å². The summed E-state index contributed by atoms with van der Waals surface area (Å²) >= 11 is 0. The zero-order valence-electron chi connectivity index (χ0n) is 10.9. The summed E-state index contributed by atoms with van der Waals surface area (Å²) < 4.78 is 39.7. The second kappa shape index (κ2) is 6.25. The van der Waals surface area contributed by atoms with Crippen LogP contribution >= 0.6 is 0 Å². The molecular weight excluding hydrogens is 259 g/mol. The Hall–Kier alpha value is -1.27. The third-order valence-corrected chi connectivity index (χ3v) is 2.66. The number of nitrogens with one attached hydrogen (secondary N) is 1. The van der Waals surface area contributed by atoms with Gasteiger partial charge in [-0.3, -0.25) is 0 Å². The highest BCUT2D eigenvalue weighted by Crippen LogP contribution is 2.24. The molecule has 6 heteroatoms. The van der Waals surface area contributed by atoms with Crippen molar-refractivity contribution >= 4 is 0 Å². The number of ether oxygens (including phenoxy) is 1. The predicted molar refractivity (Wildman–Crippen MR) is 66.0 cm³/mol. The lowest BCUT2D eigenvalue weighted by Gasteiger charge is -2.23. The van der Waals surface area contributed by atoms with E-state index in [1.165, 1.54) is 24.3 Å². The third kappa shape index (κ3) is 6.45. The normalized spacial score (nSPS) is 15.1. The van der Waals surface area contributed by atoms with Crippen LogP contribution in [0.25, 0.3) is 0 Å². The molecule has 1 rings (SSSR count). The monoisotopic (exact) mass is 277 g/mol. The van der Waals surface area contributed by atoms with Gasteiger partial charge in [-0.15, -0.1) is 13.2 Å². The summed E-state index contributed by atoms with van der Waals surface area (Å²) in [5, 5.41) is 13.0. The first kappa shape index (κ1) is 15.8. The van der Waals surface area contributed by atoms with Crippen LogP contribution in [0.3, 0.4) is 0 Å². The lowest BCUT2D eigenvalue weighted by atomic mass is 9.93. The van der Waals surface area contributed by atoms with Gasteiger partial charge in [-0.05, 0) is 44.6 Å². The third-order valence-electron chi connectivity index (χ3n) is 2.66. The van der Waals surface area contributed by atoms with Gasteiger partial charge in [0.15, 0.2) is 0 Å². The van der Waals surface area contributed by atoms with Crippen LogP contribution in [0.5, 0.6) is 5.75 Å². The van der Waals surface area contributed by atoms with Crippen molar-refractivity contribution in [1.82, 2.24) is 5.32 Å². The molecule has 1 unspecified atom stereocenters. The van der Waals surface area contributed by atoms with Gasteiger partial charge in [0.2, 0.25) is 0 Å². The Bertz CT molecular complexity index is 388. The van der Waals surface area contributed by atoms with E-state index in [2.05, 4.69) is 10.1 Å². The van der Waals surface area contributed by atoms with Crippen molar-refractivity contribution in [3.63, 3.8) is 0 Å². The first-order valence-electron chi connectivity index (χ1n) is 5.93. The fourth-order valence-electron chi connectivity index (χ4n) is 1.73. The van der Waals surface area contributed by atoms with E-state index in [0.717, 1.165) is 5.56 Å². The maximum absolute atomic E-state index is 12.0. The topological polar surface area (TPSA) is 41.5 Å². The Kier molecular flexibility index (Phi) is 5.20. The van der Waals surface area contributed by atoms with Gasteiger partial charge >= 0.3 is 6.36 Å². The van der Waals surface area contributed by atoms with Crippen molar-refractivity contribution in [3.05, 3.63) is 29.8 Å². The zero-order valence-corrected chi connectivity index (χ0v) is 10.9. The molecule has 0 heterocycles. The molecule has 0 radical (unpaired) electrons. The molecule has 2 N–H and O–H groups in total. The summed E-state index contributed by atoms with van der Waals surface area (Å²) in [6.45, 7) is 2.37. The van der Waals surface area contributed by atoms with Crippen molar-refractivity contribution in [3.8, 4) is 5.75 Å². The van der Waals surface area contributed by atoms with Crippen molar-refractivity contribution in [1.29, 1.82) is 0 Å². The Balaban J connectivity index is 2.61. The van der Waals surface area contributed by atoms with Crippen LogP contribution in [0.2, 0.25) is 0 Å². The van der Waals surface area contributed by atoms with Crippen LogP contribution in [0, 0.1) is 0 Å². The zero-order chi connectivity index (χ0) is 14.5. The minimum absolute atomic E-state index is 0.258. The minimum Gasteiger partial charge on any atom is -0.406 e. The summed E-state index contributed by atoms with van der Waals surface area (Å²) in [7, 11) is 1.79. The number of halogens is 3. The number of benzene rings is 1. The summed E-state index contributed by atoms with van der Waals surface area (Å²) in [4.78, 5) is 0. The second-order valence-corrected chi connectivity index (χ2v) is 4.72. The molecule has 1 aromatic carbocycles. The number of hydrogen-bond donors (Lipinski definition) is 2. The molecular formula is C13H18F3NO2. The highest BCUT2D eigenvalue weighted by Gasteiger charge is 2.31. The molecule has 0 amide bonds. The minimum atomic E-state index is -4.68. The molecule has 3 nitrogen and oxygen atoms in total. The van der Waals surface area contributed by atoms with Gasteiger partial charge in [0.25, 0.3) is 0 Å². The van der Waals surface area contributed by atoms with E-state index in [-0.39, 0.29) is 5.75 Å². The van der Waals surface area contributed by atoms with Gasteiger partial charge in [-0.25, -0.2) is 0 Å². The summed E-state index contributed by atoms with van der Waals surface area (Å²) in [6, 6.07) is 5.54. The lowest BCUT2D eigenvalue weighted by molar-refractivity contribution is -0.274. The van der Waals surface area contributed by atoms with Gasteiger partial charge in [0.05, 0.1) is 5.60 Å². The number of hydrogen-bond acceptors (Lipinski definition) is 3. The molecule has 0 spiro atoms. The van der Waals surface area contributed by atoms with Crippen LogP contribution < -0.4 is 10.1 Å². The van der Waals surface area contributed by atoms with Crippen LogP contribution in [-0.4, -0.2) is 30.7 Å². The molecule has 0 aliphatic rings. The molecule has 108 valence electrons. The Morgan fingerprint density at radius 3 is 2.26 bits per heavy atom. The highest BCUT2D eigenvalue weighted by molar-refractivity contribution is 5.28. The Morgan fingerprint density at radius 2 is 1.79 bits per heavy atom. The molecule has 1 aromatic rings.